The van der Waals surface area contributed by atoms with Gasteiger partial charge in [-0.15, -0.1) is 0 Å². The van der Waals surface area contributed by atoms with Crippen LogP contribution in [0.15, 0.2) is 36.4 Å². The summed E-state index contributed by atoms with van der Waals surface area (Å²) in [4.78, 5) is 0. The van der Waals surface area contributed by atoms with Crippen LogP contribution in [0.1, 0.15) is 24.1 Å². The fraction of sp³-hybridized carbons (Fsp3) is 0.250. The number of hydrogen-bond acceptors (Lipinski definition) is 3. The third-order valence-corrected chi connectivity index (χ3v) is 3.47. The monoisotopic (exact) mass is 273 g/mol. The Morgan fingerprint density at radius 2 is 1.90 bits per heavy atom. The number of hydrogen-bond donors (Lipinski definition) is 1. The average molecular weight is 273 g/mol. The molecule has 1 aliphatic rings. The van der Waals surface area contributed by atoms with Gasteiger partial charge in [0.2, 0.25) is 6.79 Å². The first-order chi connectivity index (χ1) is 9.63. The van der Waals surface area contributed by atoms with Gasteiger partial charge in [-0.3, -0.25) is 0 Å². The van der Waals surface area contributed by atoms with E-state index in [0.29, 0.717) is 0 Å². The molecule has 0 amide bonds. The summed E-state index contributed by atoms with van der Waals surface area (Å²) in [6, 6.07) is 10.6. The molecule has 3 nitrogen and oxygen atoms in total. The first kappa shape index (κ1) is 12.8. The van der Waals surface area contributed by atoms with Crippen molar-refractivity contribution in [2.75, 3.05) is 12.1 Å². The Bertz CT molecular complexity index is 642. The number of halogens is 1. The molecule has 2 aromatic rings. The zero-order valence-electron chi connectivity index (χ0n) is 11.4. The zero-order chi connectivity index (χ0) is 14.1. The molecule has 1 aliphatic heterocycles. The highest BCUT2D eigenvalue weighted by Gasteiger charge is 2.16. The maximum absolute atomic E-state index is 13.3. The second-order valence-corrected chi connectivity index (χ2v) is 4.94. The largest absolute Gasteiger partial charge is 0.454 e. The van der Waals surface area contributed by atoms with Crippen molar-refractivity contribution in [1.29, 1.82) is 0 Å². The predicted molar refractivity (Wildman–Crippen MR) is 75.7 cm³/mol. The molecule has 2 aromatic carbocycles. The first-order valence-electron chi connectivity index (χ1n) is 6.56. The van der Waals surface area contributed by atoms with Gasteiger partial charge in [-0.05, 0) is 49.2 Å². The van der Waals surface area contributed by atoms with E-state index in [9.17, 15) is 4.39 Å². The van der Waals surface area contributed by atoms with Gasteiger partial charge in [0.05, 0.1) is 0 Å². The molecule has 0 aliphatic carbocycles. The maximum Gasteiger partial charge on any atom is 0.231 e. The molecule has 1 atom stereocenters. The van der Waals surface area contributed by atoms with Crippen LogP contribution in [0.2, 0.25) is 0 Å². The van der Waals surface area contributed by atoms with Crippen molar-refractivity contribution >= 4 is 5.69 Å². The molecule has 3 rings (SSSR count). The number of rotatable bonds is 3. The molecule has 0 spiro atoms. The Morgan fingerprint density at radius 1 is 1.10 bits per heavy atom. The van der Waals surface area contributed by atoms with Crippen molar-refractivity contribution in [3.63, 3.8) is 0 Å². The third-order valence-electron chi connectivity index (χ3n) is 3.47. The summed E-state index contributed by atoms with van der Waals surface area (Å²) in [6.45, 7) is 4.25. The smallest absolute Gasteiger partial charge is 0.231 e. The van der Waals surface area contributed by atoms with Crippen molar-refractivity contribution in [3.05, 3.63) is 53.3 Å². The number of nitrogens with one attached hydrogen (secondary N) is 1. The van der Waals surface area contributed by atoms with E-state index in [1.165, 1.54) is 12.1 Å². The summed E-state index contributed by atoms with van der Waals surface area (Å²) in [7, 11) is 0. The molecule has 0 bridgehead atoms. The lowest BCUT2D eigenvalue weighted by Gasteiger charge is -2.18. The number of aryl methyl sites for hydroxylation is 1. The standard InChI is InChI=1S/C16H16FNO2/c1-10-3-5-13(17)8-14(10)18-11(2)12-4-6-15-16(7-12)20-9-19-15/h3-8,11,18H,9H2,1-2H3. The van der Waals surface area contributed by atoms with Gasteiger partial charge in [0, 0.05) is 11.7 Å². The van der Waals surface area contributed by atoms with Gasteiger partial charge in [-0.25, -0.2) is 4.39 Å². The van der Waals surface area contributed by atoms with Gasteiger partial charge in [-0.2, -0.15) is 0 Å². The zero-order valence-corrected chi connectivity index (χ0v) is 11.4. The molecular formula is C16H16FNO2. The molecule has 104 valence electrons. The van der Waals surface area contributed by atoms with E-state index in [1.54, 1.807) is 6.07 Å². The lowest BCUT2D eigenvalue weighted by Crippen LogP contribution is -2.08. The topological polar surface area (TPSA) is 30.5 Å². The minimum Gasteiger partial charge on any atom is -0.454 e. The maximum atomic E-state index is 13.3. The van der Waals surface area contributed by atoms with Crippen molar-refractivity contribution < 1.29 is 13.9 Å². The highest BCUT2D eigenvalue weighted by molar-refractivity contribution is 5.53. The Labute approximate surface area is 117 Å². The van der Waals surface area contributed by atoms with Crippen LogP contribution in [0.3, 0.4) is 0 Å². The molecule has 20 heavy (non-hydrogen) atoms. The molecule has 0 saturated heterocycles. The SMILES string of the molecule is Cc1ccc(F)cc1NC(C)c1ccc2c(c1)OCO2. The number of benzene rings is 2. The highest BCUT2D eigenvalue weighted by Crippen LogP contribution is 2.35. The fourth-order valence-corrected chi connectivity index (χ4v) is 2.25. The Kier molecular flexibility index (Phi) is 3.22. The van der Waals surface area contributed by atoms with E-state index in [4.69, 9.17) is 9.47 Å². The molecular weight excluding hydrogens is 257 g/mol. The van der Waals surface area contributed by atoms with Crippen LogP contribution in [0.5, 0.6) is 11.5 Å². The third kappa shape index (κ3) is 2.41. The summed E-state index contributed by atoms with van der Waals surface area (Å²) in [6.07, 6.45) is 0. The second kappa shape index (κ2) is 5.04. The first-order valence-corrected chi connectivity index (χ1v) is 6.56. The Morgan fingerprint density at radius 3 is 2.75 bits per heavy atom. The van der Waals surface area contributed by atoms with Crippen molar-refractivity contribution in [2.24, 2.45) is 0 Å². The normalized spacial score (nSPS) is 14.2. The van der Waals surface area contributed by atoms with Gasteiger partial charge in [-0.1, -0.05) is 12.1 Å². The number of anilines is 1. The van der Waals surface area contributed by atoms with Crippen LogP contribution in [-0.4, -0.2) is 6.79 Å². The van der Waals surface area contributed by atoms with Gasteiger partial charge >= 0.3 is 0 Å². The fourth-order valence-electron chi connectivity index (χ4n) is 2.25. The summed E-state index contributed by atoms with van der Waals surface area (Å²) >= 11 is 0. The summed E-state index contributed by atoms with van der Waals surface area (Å²) < 4.78 is 24.0. The van der Waals surface area contributed by atoms with E-state index >= 15 is 0 Å². The molecule has 1 unspecified atom stereocenters. The number of ether oxygens (including phenoxy) is 2. The Hall–Kier alpha value is -2.23. The molecule has 4 heteroatoms. The van der Waals surface area contributed by atoms with Crippen molar-refractivity contribution in [2.45, 2.75) is 19.9 Å². The van der Waals surface area contributed by atoms with Crippen LogP contribution in [0, 0.1) is 12.7 Å². The van der Waals surface area contributed by atoms with Crippen LogP contribution in [0.4, 0.5) is 10.1 Å². The lowest BCUT2D eigenvalue weighted by molar-refractivity contribution is 0.174. The minimum atomic E-state index is -0.240. The van der Waals surface area contributed by atoms with Crippen molar-refractivity contribution in [3.8, 4) is 11.5 Å². The predicted octanol–water partition coefficient (Wildman–Crippen LogP) is 4.04. The quantitative estimate of drug-likeness (QED) is 0.915. The molecule has 0 saturated carbocycles. The lowest BCUT2D eigenvalue weighted by atomic mass is 10.1. The van der Waals surface area contributed by atoms with E-state index in [0.717, 1.165) is 28.3 Å². The van der Waals surface area contributed by atoms with Crippen LogP contribution in [-0.2, 0) is 0 Å². The summed E-state index contributed by atoms with van der Waals surface area (Å²) in [5.74, 6) is 1.28. The Balaban J connectivity index is 1.82. The molecule has 0 fully saturated rings. The average Bonchev–Trinajstić information content (AvgIpc) is 2.90. The van der Waals surface area contributed by atoms with Crippen molar-refractivity contribution in [1.82, 2.24) is 0 Å². The molecule has 1 heterocycles. The van der Waals surface area contributed by atoms with E-state index in [1.807, 2.05) is 32.0 Å². The molecule has 0 aromatic heterocycles. The van der Waals surface area contributed by atoms with Crippen LogP contribution >= 0.6 is 0 Å². The van der Waals surface area contributed by atoms with Gasteiger partial charge in [0.15, 0.2) is 11.5 Å². The summed E-state index contributed by atoms with van der Waals surface area (Å²) in [5, 5.41) is 3.32. The van der Waals surface area contributed by atoms with Gasteiger partial charge in [0.1, 0.15) is 5.82 Å². The van der Waals surface area contributed by atoms with E-state index in [2.05, 4.69) is 5.32 Å². The second-order valence-electron chi connectivity index (χ2n) is 4.94. The van der Waals surface area contributed by atoms with Gasteiger partial charge in [0.25, 0.3) is 0 Å². The molecule has 0 radical (unpaired) electrons. The number of fused-ring (bicyclic) bond motifs is 1. The van der Waals surface area contributed by atoms with Crippen LogP contribution in [0.25, 0.3) is 0 Å². The molecule has 1 N–H and O–H groups in total. The minimum absolute atomic E-state index is 0.0463. The highest BCUT2D eigenvalue weighted by atomic mass is 19.1. The van der Waals surface area contributed by atoms with Gasteiger partial charge < -0.3 is 14.8 Å². The van der Waals surface area contributed by atoms with E-state index in [-0.39, 0.29) is 18.7 Å². The van der Waals surface area contributed by atoms with E-state index < -0.39 is 0 Å². The van der Waals surface area contributed by atoms with Crippen LogP contribution < -0.4 is 14.8 Å². The summed E-state index contributed by atoms with van der Waals surface area (Å²) in [5.41, 5.74) is 2.88.